The average Bonchev–Trinajstić information content (AvgIpc) is 3.55. The number of benzene rings is 2. The van der Waals surface area contributed by atoms with E-state index in [1.165, 1.54) is 0 Å². The van der Waals surface area contributed by atoms with Gasteiger partial charge in [-0.1, -0.05) is 61.4 Å². The van der Waals surface area contributed by atoms with Crippen molar-refractivity contribution in [2.24, 2.45) is 0 Å². The zero-order valence-corrected chi connectivity index (χ0v) is 20.4. The fourth-order valence-corrected chi connectivity index (χ4v) is 5.20. The van der Waals surface area contributed by atoms with Crippen LogP contribution in [-0.4, -0.2) is 29.4 Å². The summed E-state index contributed by atoms with van der Waals surface area (Å²) in [7, 11) is 0. The van der Waals surface area contributed by atoms with Gasteiger partial charge in [0.2, 0.25) is 11.8 Å². The molecule has 6 heteroatoms. The van der Waals surface area contributed by atoms with E-state index in [1.54, 1.807) is 16.2 Å². The van der Waals surface area contributed by atoms with Gasteiger partial charge in [0.05, 0.1) is 13.0 Å². The van der Waals surface area contributed by atoms with Crippen LogP contribution in [-0.2, 0) is 22.6 Å². The van der Waals surface area contributed by atoms with Crippen molar-refractivity contribution in [3.8, 4) is 5.75 Å². The number of carbonyl (C=O) groups is 2. The topological polar surface area (TPSA) is 58.6 Å². The molecule has 1 unspecified atom stereocenters. The van der Waals surface area contributed by atoms with Crippen LogP contribution < -0.4 is 10.1 Å². The SMILES string of the molecule is CCOc1ccc(C(C(=O)NC2CCCC2)N(Cc2ccccc2)C(=O)Cc2cccs2)cc1. The maximum absolute atomic E-state index is 13.7. The number of hydrogen-bond acceptors (Lipinski definition) is 4. The van der Waals surface area contributed by atoms with Crippen LogP contribution in [0.3, 0.4) is 0 Å². The monoisotopic (exact) mass is 476 g/mol. The number of ether oxygens (including phenoxy) is 1. The summed E-state index contributed by atoms with van der Waals surface area (Å²) in [6.45, 7) is 2.88. The number of nitrogens with one attached hydrogen (secondary N) is 1. The first-order valence-corrected chi connectivity index (χ1v) is 12.9. The molecule has 0 spiro atoms. The van der Waals surface area contributed by atoms with E-state index in [4.69, 9.17) is 4.74 Å². The lowest BCUT2D eigenvalue weighted by atomic mass is 10.0. The summed E-state index contributed by atoms with van der Waals surface area (Å²) in [5, 5.41) is 5.21. The van der Waals surface area contributed by atoms with Crippen molar-refractivity contribution in [1.82, 2.24) is 10.2 Å². The number of rotatable bonds is 10. The van der Waals surface area contributed by atoms with E-state index in [9.17, 15) is 9.59 Å². The fraction of sp³-hybridized carbons (Fsp3) is 0.357. The van der Waals surface area contributed by atoms with Crippen LogP contribution in [0.25, 0.3) is 0 Å². The first-order chi connectivity index (χ1) is 16.6. The van der Waals surface area contributed by atoms with E-state index in [1.807, 2.05) is 79.0 Å². The molecule has 0 saturated heterocycles. The molecule has 34 heavy (non-hydrogen) atoms. The van der Waals surface area contributed by atoms with Crippen molar-refractivity contribution in [1.29, 1.82) is 0 Å². The largest absolute Gasteiger partial charge is 0.494 e. The van der Waals surface area contributed by atoms with Crippen LogP contribution in [0.4, 0.5) is 0 Å². The summed E-state index contributed by atoms with van der Waals surface area (Å²) in [4.78, 5) is 30.1. The maximum atomic E-state index is 13.7. The predicted molar refractivity (Wildman–Crippen MR) is 136 cm³/mol. The molecule has 2 aromatic carbocycles. The fourth-order valence-electron chi connectivity index (χ4n) is 4.50. The van der Waals surface area contributed by atoms with E-state index >= 15 is 0 Å². The third-order valence-electron chi connectivity index (χ3n) is 6.19. The van der Waals surface area contributed by atoms with Gasteiger partial charge in [-0.2, -0.15) is 0 Å². The molecule has 1 aromatic heterocycles. The van der Waals surface area contributed by atoms with E-state index < -0.39 is 6.04 Å². The highest BCUT2D eigenvalue weighted by Gasteiger charge is 2.33. The molecule has 5 nitrogen and oxygen atoms in total. The highest BCUT2D eigenvalue weighted by molar-refractivity contribution is 7.10. The van der Waals surface area contributed by atoms with Gasteiger partial charge in [0.15, 0.2) is 0 Å². The first-order valence-electron chi connectivity index (χ1n) is 12.0. The van der Waals surface area contributed by atoms with E-state index in [0.29, 0.717) is 13.2 Å². The highest BCUT2D eigenvalue weighted by Crippen LogP contribution is 2.28. The van der Waals surface area contributed by atoms with Gasteiger partial charge in [-0.15, -0.1) is 11.3 Å². The normalized spacial score (nSPS) is 14.5. The molecule has 4 rings (SSSR count). The lowest BCUT2D eigenvalue weighted by molar-refractivity contribution is -0.141. The van der Waals surface area contributed by atoms with Gasteiger partial charge in [0.25, 0.3) is 0 Å². The maximum Gasteiger partial charge on any atom is 0.247 e. The van der Waals surface area contributed by atoms with Crippen molar-refractivity contribution in [3.05, 3.63) is 88.1 Å². The Morgan fingerprint density at radius 1 is 1.03 bits per heavy atom. The molecule has 1 atom stereocenters. The molecule has 1 fully saturated rings. The number of hydrogen-bond donors (Lipinski definition) is 1. The minimum absolute atomic E-state index is 0.0632. The Kier molecular flexibility index (Phi) is 8.36. The van der Waals surface area contributed by atoms with Crippen molar-refractivity contribution >= 4 is 23.2 Å². The van der Waals surface area contributed by atoms with Crippen molar-refractivity contribution in [2.75, 3.05) is 6.61 Å². The van der Waals surface area contributed by atoms with E-state index in [2.05, 4.69) is 5.32 Å². The average molecular weight is 477 g/mol. The van der Waals surface area contributed by atoms with Gasteiger partial charge >= 0.3 is 0 Å². The molecule has 2 amide bonds. The second kappa shape index (κ2) is 11.8. The molecule has 1 aliphatic rings. The molecule has 3 aromatic rings. The third-order valence-corrected chi connectivity index (χ3v) is 7.07. The lowest BCUT2D eigenvalue weighted by Crippen LogP contribution is -2.46. The van der Waals surface area contributed by atoms with Crippen molar-refractivity contribution in [2.45, 2.75) is 57.7 Å². The van der Waals surface area contributed by atoms with Crippen LogP contribution in [0.5, 0.6) is 5.75 Å². The Morgan fingerprint density at radius 3 is 2.41 bits per heavy atom. The zero-order valence-electron chi connectivity index (χ0n) is 19.6. The zero-order chi connectivity index (χ0) is 23.8. The van der Waals surface area contributed by atoms with E-state index in [-0.39, 0.29) is 24.3 Å². The Hall–Kier alpha value is -3.12. The summed E-state index contributed by atoms with van der Waals surface area (Å²) in [5.41, 5.74) is 1.78. The van der Waals surface area contributed by atoms with Crippen molar-refractivity contribution in [3.63, 3.8) is 0 Å². The molecule has 1 saturated carbocycles. The molecule has 1 N–H and O–H groups in total. The van der Waals surface area contributed by atoms with Gasteiger partial charge in [-0.05, 0) is 54.5 Å². The second-order valence-corrected chi connectivity index (χ2v) is 9.69. The number of thiophene rings is 1. The molecule has 0 aliphatic heterocycles. The smallest absolute Gasteiger partial charge is 0.247 e. The van der Waals surface area contributed by atoms with Crippen LogP contribution in [0, 0.1) is 0 Å². The number of nitrogens with zero attached hydrogens (tertiary/aromatic N) is 1. The molecular weight excluding hydrogens is 444 g/mol. The number of amides is 2. The Labute approximate surface area is 205 Å². The Balaban J connectivity index is 1.68. The molecule has 1 aliphatic carbocycles. The third kappa shape index (κ3) is 6.26. The van der Waals surface area contributed by atoms with Crippen LogP contribution >= 0.6 is 11.3 Å². The lowest BCUT2D eigenvalue weighted by Gasteiger charge is -2.32. The Morgan fingerprint density at radius 2 is 1.76 bits per heavy atom. The summed E-state index contributed by atoms with van der Waals surface area (Å²) < 4.78 is 5.60. The first kappa shape index (κ1) is 24.0. The van der Waals surface area contributed by atoms with Gasteiger partial charge < -0.3 is 15.0 Å². The van der Waals surface area contributed by atoms with Crippen LogP contribution in [0.1, 0.15) is 54.7 Å². The standard InChI is InChI=1S/C28H32N2O3S/c1-2-33-24-16-14-22(15-17-24)27(28(32)29-23-11-6-7-12-23)30(20-21-9-4-3-5-10-21)26(31)19-25-13-8-18-34-25/h3-5,8-10,13-18,23,27H,2,6-7,11-12,19-20H2,1H3,(H,29,32). The van der Waals surface area contributed by atoms with E-state index in [0.717, 1.165) is 47.4 Å². The van der Waals surface area contributed by atoms with Crippen molar-refractivity contribution < 1.29 is 14.3 Å². The summed E-state index contributed by atoms with van der Waals surface area (Å²) in [6, 6.07) is 20.8. The summed E-state index contributed by atoms with van der Waals surface area (Å²) in [5.74, 6) is 0.569. The Bertz CT molecular complexity index is 1050. The summed E-state index contributed by atoms with van der Waals surface area (Å²) in [6.07, 6.45) is 4.51. The minimum atomic E-state index is -0.719. The predicted octanol–water partition coefficient (Wildman–Crippen LogP) is 5.52. The molecule has 1 heterocycles. The minimum Gasteiger partial charge on any atom is -0.494 e. The molecule has 0 bridgehead atoms. The molecule has 0 radical (unpaired) electrons. The molecule has 178 valence electrons. The van der Waals surface area contributed by atoms with Gasteiger partial charge in [-0.3, -0.25) is 9.59 Å². The van der Waals surface area contributed by atoms with Crippen LogP contribution in [0.15, 0.2) is 72.1 Å². The van der Waals surface area contributed by atoms with Gasteiger partial charge in [-0.25, -0.2) is 0 Å². The second-order valence-electron chi connectivity index (χ2n) is 8.66. The molecular formula is C28H32N2O3S. The summed E-state index contributed by atoms with van der Waals surface area (Å²) >= 11 is 1.56. The van der Waals surface area contributed by atoms with Gasteiger partial charge in [0.1, 0.15) is 11.8 Å². The quantitative estimate of drug-likeness (QED) is 0.419. The van der Waals surface area contributed by atoms with Crippen LogP contribution in [0.2, 0.25) is 0 Å². The van der Waals surface area contributed by atoms with Gasteiger partial charge in [0, 0.05) is 17.5 Å². The number of carbonyl (C=O) groups excluding carboxylic acids is 2. The highest BCUT2D eigenvalue weighted by atomic mass is 32.1.